The first-order valence-corrected chi connectivity index (χ1v) is 11.5. The van der Waals surface area contributed by atoms with E-state index in [-0.39, 0.29) is 0 Å². The Labute approximate surface area is 187 Å². The minimum Gasteiger partial charge on any atom is -0.330 e. The summed E-state index contributed by atoms with van der Waals surface area (Å²) in [7, 11) is 2.12. The molecule has 0 spiro atoms. The van der Waals surface area contributed by atoms with Gasteiger partial charge in [0.05, 0.1) is 23.0 Å². The third-order valence-electron chi connectivity index (χ3n) is 6.22. The molecule has 3 aromatic rings. The van der Waals surface area contributed by atoms with E-state index in [0.717, 1.165) is 49.4 Å². The van der Waals surface area contributed by atoms with Crippen LogP contribution in [0.5, 0.6) is 0 Å². The Hall–Kier alpha value is -2.90. The number of fused-ring (bicyclic) bond motifs is 1. The number of hydrogen-bond donors (Lipinski definition) is 0. The molecule has 0 aliphatic carbocycles. The van der Waals surface area contributed by atoms with Gasteiger partial charge in [-0.15, -0.1) is 0 Å². The SMILES string of the molecule is CC.CCC(C)c1ccc(-c2nc3c(n2C)CN(Cc2ccccc2C#N)CC3)cc1. The van der Waals surface area contributed by atoms with Crippen molar-refractivity contribution in [3.05, 3.63) is 76.6 Å². The maximum absolute atomic E-state index is 9.37. The molecule has 2 aromatic carbocycles. The predicted octanol–water partition coefficient (Wildman–Crippen LogP) is 6.06. The first kappa shape index (κ1) is 22.8. The zero-order chi connectivity index (χ0) is 22.4. The minimum absolute atomic E-state index is 0.587. The lowest BCUT2D eigenvalue weighted by molar-refractivity contribution is 0.238. The molecule has 1 aliphatic rings. The second-order valence-corrected chi connectivity index (χ2v) is 8.05. The van der Waals surface area contributed by atoms with Crippen molar-refractivity contribution in [2.45, 2.75) is 59.5 Å². The quantitative estimate of drug-likeness (QED) is 0.510. The molecule has 2 heterocycles. The second kappa shape index (κ2) is 10.4. The van der Waals surface area contributed by atoms with Gasteiger partial charge < -0.3 is 4.57 Å². The number of imidazole rings is 1. The zero-order valence-corrected chi connectivity index (χ0v) is 19.5. The van der Waals surface area contributed by atoms with E-state index in [4.69, 9.17) is 4.98 Å². The van der Waals surface area contributed by atoms with Crippen LogP contribution in [0.2, 0.25) is 0 Å². The molecule has 1 aliphatic heterocycles. The highest BCUT2D eigenvalue weighted by Gasteiger charge is 2.24. The lowest BCUT2D eigenvalue weighted by Crippen LogP contribution is -2.31. The van der Waals surface area contributed by atoms with Gasteiger partial charge in [0.15, 0.2) is 0 Å². The van der Waals surface area contributed by atoms with Crippen LogP contribution in [0.25, 0.3) is 11.4 Å². The van der Waals surface area contributed by atoms with E-state index < -0.39 is 0 Å². The molecule has 0 saturated carbocycles. The van der Waals surface area contributed by atoms with Gasteiger partial charge >= 0.3 is 0 Å². The average molecular weight is 415 g/mol. The molecule has 4 rings (SSSR count). The summed E-state index contributed by atoms with van der Waals surface area (Å²) >= 11 is 0. The third kappa shape index (κ3) is 4.89. The molecule has 0 amide bonds. The highest BCUT2D eigenvalue weighted by molar-refractivity contribution is 5.58. The fourth-order valence-corrected chi connectivity index (χ4v) is 4.14. The van der Waals surface area contributed by atoms with Gasteiger partial charge in [-0.2, -0.15) is 5.26 Å². The van der Waals surface area contributed by atoms with Crippen molar-refractivity contribution in [3.63, 3.8) is 0 Å². The van der Waals surface area contributed by atoms with E-state index in [9.17, 15) is 5.26 Å². The van der Waals surface area contributed by atoms with Crippen LogP contribution in [0, 0.1) is 11.3 Å². The summed E-state index contributed by atoms with van der Waals surface area (Å²) in [5, 5.41) is 9.37. The van der Waals surface area contributed by atoms with Crippen molar-refractivity contribution in [1.82, 2.24) is 14.5 Å². The highest BCUT2D eigenvalue weighted by Crippen LogP contribution is 2.28. The van der Waals surface area contributed by atoms with Crippen molar-refractivity contribution >= 4 is 0 Å². The Kier molecular flexibility index (Phi) is 7.65. The normalized spacial score (nSPS) is 14.2. The number of rotatable bonds is 5. The minimum atomic E-state index is 0.587. The fourth-order valence-electron chi connectivity index (χ4n) is 4.14. The summed E-state index contributed by atoms with van der Waals surface area (Å²) in [6.45, 7) is 11.1. The molecule has 4 heteroatoms. The van der Waals surface area contributed by atoms with Crippen LogP contribution in [0.15, 0.2) is 48.5 Å². The van der Waals surface area contributed by atoms with E-state index in [1.807, 2.05) is 32.0 Å². The van der Waals surface area contributed by atoms with E-state index in [1.165, 1.54) is 22.5 Å². The van der Waals surface area contributed by atoms with E-state index in [1.54, 1.807) is 0 Å². The summed E-state index contributed by atoms with van der Waals surface area (Å²) in [5.74, 6) is 1.63. The largest absolute Gasteiger partial charge is 0.330 e. The molecule has 0 N–H and O–H groups in total. The number of nitrogens with zero attached hydrogens (tertiary/aromatic N) is 4. The molecule has 1 aromatic heterocycles. The molecule has 4 nitrogen and oxygen atoms in total. The summed E-state index contributed by atoms with van der Waals surface area (Å²) in [6.07, 6.45) is 2.10. The van der Waals surface area contributed by atoms with Crippen molar-refractivity contribution in [1.29, 1.82) is 5.26 Å². The van der Waals surface area contributed by atoms with Crippen LogP contribution in [-0.2, 0) is 26.6 Å². The fraction of sp³-hybridized carbons (Fsp3) is 0.407. The average Bonchev–Trinajstić information content (AvgIpc) is 3.16. The number of benzene rings is 2. The third-order valence-corrected chi connectivity index (χ3v) is 6.22. The maximum atomic E-state index is 9.37. The van der Waals surface area contributed by atoms with Gasteiger partial charge in [0.25, 0.3) is 0 Å². The molecule has 1 unspecified atom stereocenters. The van der Waals surface area contributed by atoms with Crippen LogP contribution in [-0.4, -0.2) is 21.0 Å². The molecule has 162 valence electrons. The van der Waals surface area contributed by atoms with Crippen molar-refractivity contribution in [3.8, 4) is 17.5 Å². The smallest absolute Gasteiger partial charge is 0.140 e. The maximum Gasteiger partial charge on any atom is 0.140 e. The van der Waals surface area contributed by atoms with Crippen molar-refractivity contribution in [2.24, 2.45) is 7.05 Å². The molecule has 0 bridgehead atoms. The molecule has 31 heavy (non-hydrogen) atoms. The number of aromatic nitrogens is 2. The van der Waals surface area contributed by atoms with Gasteiger partial charge in [0.2, 0.25) is 0 Å². The van der Waals surface area contributed by atoms with Crippen LogP contribution in [0.4, 0.5) is 0 Å². The van der Waals surface area contributed by atoms with Crippen molar-refractivity contribution < 1.29 is 0 Å². The molecular formula is C27H34N4. The second-order valence-electron chi connectivity index (χ2n) is 8.05. The summed E-state index contributed by atoms with van der Waals surface area (Å²) < 4.78 is 2.25. The first-order valence-electron chi connectivity index (χ1n) is 11.5. The Morgan fingerprint density at radius 2 is 1.81 bits per heavy atom. The van der Waals surface area contributed by atoms with Gasteiger partial charge in [0.1, 0.15) is 5.82 Å². The Morgan fingerprint density at radius 3 is 2.48 bits per heavy atom. The summed E-state index contributed by atoms with van der Waals surface area (Å²) in [4.78, 5) is 7.39. The summed E-state index contributed by atoms with van der Waals surface area (Å²) in [6, 6.07) is 19.1. The standard InChI is InChI=1S/C25H28N4.C2H6/c1-4-18(2)19-9-11-20(12-10-19)25-27-23-13-14-29(17-24(23)28(25)3)16-22-8-6-5-7-21(22)15-26;1-2/h5-12,18H,4,13-14,16-17H2,1-3H3;1-2H3. The van der Waals surface area contributed by atoms with Gasteiger partial charge in [-0.25, -0.2) is 4.98 Å². The first-order chi connectivity index (χ1) is 15.1. The Bertz CT molecular complexity index is 1040. The van der Waals surface area contributed by atoms with E-state index in [2.05, 4.69) is 66.8 Å². The lowest BCUT2D eigenvalue weighted by atomic mass is 9.97. The topological polar surface area (TPSA) is 44.9 Å². The Balaban J connectivity index is 0.00000132. The molecule has 0 saturated heterocycles. The monoisotopic (exact) mass is 414 g/mol. The van der Waals surface area contributed by atoms with Gasteiger partial charge in [0, 0.05) is 38.7 Å². The zero-order valence-electron chi connectivity index (χ0n) is 19.5. The van der Waals surface area contributed by atoms with Crippen LogP contribution >= 0.6 is 0 Å². The highest BCUT2D eigenvalue weighted by atomic mass is 15.2. The van der Waals surface area contributed by atoms with Crippen LogP contribution in [0.3, 0.4) is 0 Å². The van der Waals surface area contributed by atoms with Crippen LogP contribution < -0.4 is 0 Å². The number of hydrogen-bond acceptors (Lipinski definition) is 3. The van der Waals surface area contributed by atoms with Gasteiger partial charge in [-0.3, -0.25) is 4.90 Å². The molecule has 1 atom stereocenters. The molecule has 0 fully saturated rings. The lowest BCUT2D eigenvalue weighted by Gasteiger charge is -2.27. The van der Waals surface area contributed by atoms with Gasteiger partial charge in [-0.05, 0) is 29.5 Å². The number of nitriles is 1. The molecule has 0 radical (unpaired) electrons. The van der Waals surface area contributed by atoms with E-state index >= 15 is 0 Å². The van der Waals surface area contributed by atoms with Crippen molar-refractivity contribution in [2.75, 3.05) is 6.54 Å². The predicted molar refractivity (Wildman–Crippen MR) is 128 cm³/mol. The van der Waals surface area contributed by atoms with Gasteiger partial charge in [-0.1, -0.05) is 70.2 Å². The Morgan fingerprint density at radius 1 is 1.10 bits per heavy atom. The summed E-state index contributed by atoms with van der Waals surface area (Å²) in [5.41, 5.74) is 6.92. The molecular weight excluding hydrogens is 380 g/mol. The van der Waals surface area contributed by atoms with Crippen LogP contribution in [0.1, 0.15) is 68.1 Å². The van der Waals surface area contributed by atoms with E-state index in [0.29, 0.717) is 5.92 Å².